The van der Waals surface area contributed by atoms with E-state index in [0.717, 1.165) is 13.0 Å². The summed E-state index contributed by atoms with van der Waals surface area (Å²) in [5.74, 6) is -0.751. The second kappa shape index (κ2) is 3.47. The fourth-order valence-electron chi connectivity index (χ4n) is 1.59. The van der Waals surface area contributed by atoms with E-state index in [-0.39, 0.29) is 0 Å². The third-order valence-electron chi connectivity index (χ3n) is 2.30. The first-order valence-electron chi connectivity index (χ1n) is 4.29. The van der Waals surface area contributed by atoms with Gasteiger partial charge in [0, 0.05) is 11.4 Å². The highest BCUT2D eigenvalue weighted by Gasteiger charge is 2.21. The number of carboxylic acid groups (broad SMARTS) is 1. The van der Waals surface area contributed by atoms with Gasteiger partial charge in [-0.2, -0.15) is 0 Å². The van der Waals surface area contributed by atoms with Crippen molar-refractivity contribution < 1.29 is 9.90 Å². The lowest BCUT2D eigenvalue weighted by Crippen LogP contribution is -2.37. The van der Waals surface area contributed by atoms with Crippen LogP contribution in [0.4, 0.5) is 0 Å². The van der Waals surface area contributed by atoms with Crippen molar-refractivity contribution in [1.29, 1.82) is 0 Å². The Morgan fingerprint density at radius 3 is 3.31 bits per heavy atom. The van der Waals surface area contributed by atoms with Gasteiger partial charge in [-0.05, 0) is 29.9 Å². The van der Waals surface area contributed by atoms with Crippen LogP contribution in [-0.4, -0.2) is 23.7 Å². The molecule has 0 aliphatic carbocycles. The summed E-state index contributed by atoms with van der Waals surface area (Å²) < 4.78 is 0. The number of aliphatic carboxylic acids is 1. The molecule has 0 spiro atoms. The fourth-order valence-corrected chi connectivity index (χ4v) is 2.51. The van der Waals surface area contributed by atoms with Crippen molar-refractivity contribution in [3.8, 4) is 0 Å². The summed E-state index contributed by atoms with van der Waals surface area (Å²) in [6.07, 6.45) is 1.57. The molecule has 1 unspecified atom stereocenters. The first-order valence-corrected chi connectivity index (χ1v) is 5.17. The van der Waals surface area contributed by atoms with Crippen LogP contribution in [0.15, 0.2) is 11.4 Å². The maximum absolute atomic E-state index is 10.8. The molecule has 1 aliphatic heterocycles. The highest BCUT2D eigenvalue weighted by atomic mass is 32.1. The Bertz CT molecular complexity index is 321. The van der Waals surface area contributed by atoms with Gasteiger partial charge in [0.1, 0.15) is 6.04 Å². The van der Waals surface area contributed by atoms with Gasteiger partial charge in [0.2, 0.25) is 0 Å². The van der Waals surface area contributed by atoms with E-state index in [1.54, 1.807) is 11.3 Å². The van der Waals surface area contributed by atoms with E-state index in [1.165, 1.54) is 10.4 Å². The normalized spacial score (nSPS) is 22.0. The smallest absolute Gasteiger partial charge is 0.321 e. The molecule has 0 fully saturated rings. The molecule has 1 aromatic rings. The molecule has 3 nitrogen and oxygen atoms in total. The highest BCUT2D eigenvalue weighted by Crippen LogP contribution is 2.20. The van der Waals surface area contributed by atoms with Crippen LogP contribution in [-0.2, 0) is 17.6 Å². The summed E-state index contributed by atoms with van der Waals surface area (Å²) in [6, 6.07) is 1.62. The number of fused-ring (bicyclic) bond motifs is 1. The van der Waals surface area contributed by atoms with Crippen molar-refractivity contribution in [3.05, 3.63) is 21.9 Å². The van der Waals surface area contributed by atoms with Gasteiger partial charge in [0.25, 0.3) is 0 Å². The Morgan fingerprint density at radius 2 is 2.54 bits per heavy atom. The summed E-state index contributed by atoms with van der Waals surface area (Å²) in [5, 5.41) is 13.9. The molecule has 2 N–H and O–H groups in total. The summed E-state index contributed by atoms with van der Waals surface area (Å²) in [4.78, 5) is 12.1. The van der Waals surface area contributed by atoms with E-state index >= 15 is 0 Å². The van der Waals surface area contributed by atoms with Gasteiger partial charge >= 0.3 is 5.97 Å². The Labute approximate surface area is 80.4 Å². The van der Waals surface area contributed by atoms with E-state index < -0.39 is 12.0 Å². The summed E-state index contributed by atoms with van der Waals surface area (Å²) in [5.41, 5.74) is 1.20. The van der Waals surface area contributed by atoms with Crippen LogP contribution < -0.4 is 5.32 Å². The maximum atomic E-state index is 10.8. The first-order chi connectivity index (χ1) is 6.27. The van der Waals surface area contributed by atoms with Crippen molar-refractivity contribution in [2.75, 3.05) is 6.54 Å². The fraction of sp³-hybridized carbons (Fsp3) is 0.444. The minimum absolute atomic E-state index is 0.407. The molecule has 70 valence electrons. The lowest BCUT2D eigenvalue weighted by atomic mass is 10.1. The minimum atomic E-state index is -0.751. The SMILES string of the molecule is O=C(O)C1Cc2ccsc2CCN1. The van der Waals surface area contributed by atoms with E-state index in [1.807, 2.05) is 11.4 Å². The predicted molar refractivity (Wildman–Crippen MR) is 51.2 cm³/mol. The lowest BCUT2D eigenvalue weighted by molar-refractivity contribution is -0.139. The molecule has 4 heteroatoms. The van der Waals surface area contributed by atoms with E-state index in [0.29, 0.717) is 6.42 Å². The third-order valence-corrected chi connectivity index (χ3v) is 3.33. The molecule has 13 heavy (non-hydrogen) atoms. The molecule has 0 aromatic carbocycles. The summed E-state index contributed by atoms with van der Waals surface area (Å²) >= 11 is 1.72. The second-order valence-corrected chi connectivity index (χ2v) is 4.17. The molecular weight excluding hydrogens is 186 g/mol. The van der Waals surface area contributed by atoms with Crippen LogP contribution in [0.25, 0.3) is 0 Å². The van der Waals surface area contributed by atoms with Crippen LogP contribution >= 0.6 is 11.3 Å². The van der Waals surface area contributed by atoms with E-state index in [2.05, 4.69) is 5.32 Å². The largest absolute Gasteiger partial charge is 0.480 e. The van der Waals surface area contributed by atoms with Crippen LogP contribution in [0, 0.1) is 0 Å². The van der Waals surface area contributed by atoms with Crippen molar-refractivity contribution in [2.45, 2.75) is 18.9 Å². The number of thiophene rings is 1. The van der Waals surface area contributed by atoms with Crippen LogP contribution in [0.3, 0.4) is 0 Å². The lowest BCUT2D eigenvalue weighted by Gasteiger charge is -2.09. The molecule has 1 aromatic heterocycles. The van der Waals surface area contributed by atoms with Gasteiger partial charge in [-0.3, -0.25) is 4.79 Å². The zero-order valence-corrected chi connectivity index (χ0v) is 7.93. The quantitative estimate of drug-likeness (QED) is 0.703. The number of hydrogen-bond acceptors (Lipinski definition) is 3. The van der Waals surface area contributed by atoms with Gasteiger partial charge in [-0.1, -0.05) is 0 Å². The van der Waals surface area contributed by atoms with E-state index in [4.69, 9.17) is 5.11 Å². The minimum Gasteiger partial charge on any atom is -0.480 e. The van der Waals surface area contributed by atoms with Gasteiger partial charge in [-0.15, -0.1) is 11.3 Å². The number of rotatable bonds is 1. The molecule has 2 rings (SSSR count). The Hall–Kier alpha value is -0.870. The van der Waals surface area contributed by atoms with Gasteiger partial charge in [0.05, 0.1) is 0 Å². The predicted octanol–water partition coefficient (Wildman–Crippen LogP) is 0.889. The summed E-state index contributed by atoms with van der Waals surface area (Å²) in [6.45, 7) is 0.768. The van der Waals surface area contributed by atoms with Gasteiger partial charge < -0.3 is 10.4 Å². The Morgan fingerprint density at radius 1 is 1.69 bits per heavy atom. The molecule has 1 atom stereocenters. The molecule has 0 saturated carbocycles. The van der Waals surface area contributed by atoms with Crippen LogP contribution in [0.5, 0.6) is 0 Å². The molecule has 0 radical (unpaired) electrons. The number of carbonyl (C=O) groups is 1. The number of hydrogen-bond donors (Lipinski definition) is 2. The van der Waals surface area contributed by atoms with E-state index in [9.17, 15) is 4.79 Å². The Kier molecular flexibility index (Phi) is 2.33. The van der Waals surface area contributed by atoms with Gasteiger partial charge in [-0.25, -0.2) is 0 Å². The molecular formula is C9H11NO2S. The maximum Gasteiger partial charge on any atom is 0.321 e. The Balaban J connectivity index is 2.21. The second-order valence-electron chi connectivity index (χ2n) is 3.17. The van der Waals surface area contributed by atoms with Crippen molar-refractivity contribution in [3.63, 3.8) is 0 Å². The third kappa shape index (κ3) is 1.73. The van der Waals surface area contributed by atoms with Crippen molar-refractivity contribution in [2.24, 2.45) is 0 Å². The van der Waals surface area contributed by atoms with Gasteiger partial charge in [0.15, 0.2) is 0 Å². The zero-order chi connectivity index (χ0) is 9.26. The van der Waals surface area contributed by atoms with Crippen molar-refractivity contribution >= 4 is 17.3 Å². The molecule has 1 aliphatic rings. The van der Waals surface area contributed by atoms with Crippen molar-refractivity contribution in [1.82, 2.24) is 5.32 Å². The monoisotopic (exact) mass is 197 g/mol. The molecule has 0 saturated heterocycles. The average molecular weight is 197 g/mol. The summed E-state index contributed by atoms with van der Waals surface area (Å²) in [7, 11) is 0. The molecule has 2 heterocycles. The first kappa shape index (κ1) is 8.72. The highest BCUT2D eigenvalue weighted by molar-refractivity contribution is 7.10. The van der Waals surface area contributed by atoms with Crippen LogP contribution in [0.2, 0.25) is 0 Å². The topological polar surface area (TPSA) is 49.3 Å². The standard InChI is InChI=1S/C9H11NO2S/c11-9(12)7-5-6-2-4-13-8(6)1-3-10-7/h2,4,7,10H,1,3,5H2,(H,11,12). The number of carboxylic acids is 1. The molecule has 0 amide bonds. The molecule has 0 bridgehead atoms. The number of nitrogens with one attached hydrogen (secondary N) is 1. The average Bonchev–Trinajstić information content (AvgIpc) is 2.42. The zero-order valence-electron chi connectivity index (χ0n) is 7.12. The van der Waals surface area contributed by atoms with Crippen LogP contribution in [0.1, 0.15) is 10.4 Å².